The van der Waals surface area contributed by atoms with E-state index in [1.54, 1.807) is 13.0 Å². The maximum atomic E-state index is 12.1. The lowest BCUT2D eigenvalue weighted by molar-refractivity contribution is 0.102. The quantitative estimate of drug-likeness (QED) is 0.757. The first-order valence-corrected chi connectivity index (χ1v) is 5.68. The Kier molecular flexibility index (Phi) is 3.06. The highest BCUT2D eigenvalue weighted by Gasteiger charge is 2.13. The maximum absolute atomic E-state index is 12.1. The van der Waals surface area contributed by atoms with Gasteiger partial charge in [-0.15, -0.1) is 0 Å². The molecule has 2 aromatic rings. The van der Waals surface area contributed by atoms with E-state index in [2.05, 4.69) is 15.5 Å². The van der Waals surface area contributed by atoms with Crippen LogP contribution in [0.2, 0.25) is 0 Å². The van der Waals surface area contributed by atoms with Crippen LogP contribution < -0.4 is 11.1 Å². The van der Waals surface area contributed by atoms with Crippen LogP contribution in [-0.2, 0) is 0 Å². The minimum absolute atomic E-state index is 0.203. The Morgan fingerprint density at radius 2 is 2.06 bits per heavy atom. The number of amides is 1. The Balaban J connectivity index is 2.25. The summed E-state index contributed by atoms with van der Waals surface area (Å²) in [7, 11) is 0. The Labute approximate surface area is 105 Å². The molecule has 5 heteroatoms. The number of nitrogens with two attached hydrogens (primary N) is 1. The first-order valence-electron chi connectivity index (χ1n) is 5.68. The van der Waals surface area contributed by atoms with E-state index in [1.165, 1.54) is 0 Å². The van der Waals surface area contributed by atoms with Gasteiger partial charge in [-0.3, -0.25) is 9.89 Å². The highest BCUT2D eigenvalue weighted by molar-refractivity contribution is 6.06. The summed E-state index contributed by atoms with van der Waals surface area (Å²) in [5, 5.41) is 9.38. The Hall–Kier alpha value is -2.30. The van der Waals surface area contributed by atoms with E-state index in [0.717, 1.165) is 16.8 Å². The van der Waals surface area contributed by atoms with Crippen molar-refractivity contribution < 1.29 is 4.79 Å². The largest absolute Gasteiger partial charge is 0.394 e. The van der Waals surface area contributed by atoms with Crippen molar-refractivity contribution in [1.29, 1.82) is 0 Å². The fourth-order valence-electron chi connectivity index (χ4n) is 1.78. The van der Waals surface area contributed by atoms with E-state index in [0.29, 0.717) is 17.1 Å². The summed E-state index contributed by atoms with van der Waals surface area (Å²) in [6, 6.07) is 5.67. The summed E-state index contributed by atoms with van der Waals surface area (Å²) >= 11 is 0. The van der Waals surface area contributed by atoms with Crippen molar-refractivity contribution in [3.63, 3.8) is 0 Å². The molecule has 0 unspecified atom stereocenters. The molecule has 5 nitrogen and oxygen atoms in total. The smallest absolute Gasteiger partial charge is 0.257 e. The van der Waals surface area contributed by atoms with E-state index < -0.39 is 0 Å². The monoisotopic (exact) mass is 244 g/mol. The number of aromatic amines is 1. The molecule has 4 N–H and O–H groups in total. The minimum atomic E-state index is -0.203. The number of aromatic nitrogens is 2. The average Bonchev–Trinajstić information content (AvgIpc) is 2.61. The highest BCUT2D eigenvalue weighted by atomic mass is 16.1. The third kappa shape index (κ3) is 2.20. The fraction of sp³-hybridized carbons (Fsp3) is 0.231. The molecule has 0 fully saturated rings. The first-order chi connectivity index (χ1) is 8.49. The molecular weight excluding hydrogens is 228 g/mol. The number of benzene rings is 1. The molecule has 0 radical (unpaired) electrons. The summed E-state index contributed by atoms with van der Waals surface area (Å²) in [5.41, 5.74) is 9.67. The van der Waals surface area contributed by atoms with E-state index in [1.807, 2.05) is 26.0 Å². The molecule has 0 aliphatic heterocycles. The Morgan fingerprint density at radius 3 is 2.61 bits per heavy atom. The van der Waals surface area contributed by atoms with Gasteiger partial charge in [0.2, 0.25) is 0 Å². The molecule has 0 atom stereocenters. The van der Waals surface area contributed by atoms with Gasteiger partial charge in [0.05, 0.1) is 11.4 Å². The number of rotatable bonds is 2. The normalized spacial score (nSPS) is 10.4. The molecule has 0 saturated heterocycles. The van der Waals surface area contributed by atoms with Gasteiger partial charge in [0.15, 0.2) is 5.82 Å². The van der Waals surface area contributed by atoms with Gasteiger partial charge < -0.3 is 11.1 Å². The van der Waals surface area contributed by atoms with Crippen LogP contribution in [0.25, 0.3) is 0 Å². The summed E-state index contributed by atoms with van der Waals surface area (Å²) in [5.74, 6) is 0.170. The van der Waals surface area contributed by atoms with Crippen LogP contribution in [0.4, 0.5) is 11.5 Å². The molecule has 0 bridgehead atoms. The van der Waals surface area contributed by atoms with Crippen molar-refractivity contribution in [1.82, 2.24) is 10.2 Å². The predicted molar refractivity (Wildman–Crippen MR) is 71.6 cm³/mol. The van der Waals surface area contributed by atoms with Gasteiger partial charge in [-0.2, -0.15) is 5.10 Å². The number of nitrogens with zero attached hydrogens (tertiary/aromatic N) is 1. The molecular formula is C13H16N4O. The number of carbonyl (C=O) groups is 1. The van der Waals surface area contributed by atoms with Crippen molar-refractivity contribution in [3.8, 4) is 0 Å². The van der Waals surface area contributed by atoms with Gasteiger partial charge in [0, 0.05) is 5.56 Å². The van der Waals surface area contributed by atoms with Crippen molar-refractivity contribution in [2.24, 2.45) is 0 Å². The highest BCUT2D eigenvalue weighted by Crippen LogP contribution is 2.19. The van der Waals surface area contributed by atoms with E-state index in [9.17, 15) is 4.79 Å². The van der Waals surface area contributed by atoms with Crippen LogP contribution in [0.3, 0.4) is 0 Å². The minimum Gasteiger partial charge on any atom is -0.394 e. The van der Waals surface area contributed by atoms with Crippen LogP contribution >= 0.6 is 0 Å². The van der Waals surface area contributed by atoms with E-state index in [4.69, 9.17) is 5.73 Å². The molecule has 1 aromatic heterocycles. The number of nitrogens with one attached hydrogen (secondary N) is 2. The number of aryl methyl sites for hydroxylation is 3. The van der Waals surface area contributed by atoms with Crippen LogP contribution in [0, 0.1) is 20.8 Å². The second-order valence-corrected chi connectivity index (χ2v) is 4.38. The van der Waals surface area contributed by atoms with E-state index >= 15 is 0 Å². The van der Waals surface area contributed by atoms with Crippen LogP contribution in [-0.4, -0.2) is 16.1 Å². The summed E-state index contributed by atoms with van der Waals surface area (Å²) < 4.78 is 0. The lowest BCUT2D eigenvalue weighted by Gasteiger charge is -2.07. The van der Waals surface area contributed by atoms with E-state index in [-0.39, 0.29) is 5.91 Å². The number of nitrogen functional groups attached to an aromatic ring is 1. The second kappa shape index (κ2) is 4.52. The second-order valence-electron chi connectivity index (χ2n) is 4.38. The molecule has 94 valence electrons. The fourth-order valence-corrected chi connectivity index (χ4v) is 1.78. The van der Waals surface area contributed by atoms with Gasteiger partial charge >= 0.3 is 0 Å². The third-order valence-corrected chi connectivity index (χ3v) is 2.85. The van der Waals surface area contributed by atoms with Gasteiger partial charge in [-0.05, 0) is 32.4 Å². The zero-order valence-electron chi connectivity index (χ0n) is 10.7. The molecule has 1 heterocycles. The van der Waals surface area contributed by atoms with Crippen molar-refractivity contribution in [2.75, 3.05) is 11.1 Å². The van der Waals surface area contributed by atoms with Crippen LogP contribution in [0.15, 0.2) is 18.2 Å². The lowest BCUT2D eigenvalue weighted by atomic mass is 10.1. The Bertz CT molecular complexity index is 601. The number of hydrogen-bond donors (Lipinski definition) is 3. The first kappa shape index (κ1) is 12.2. The van der Waals surface area contributed by atoms with Gasteiger partial charge in [0.1, 0.15) is 0 Å². The van der Waals surface area contributed by atoms with Gasteiger partial charge in [0.25, 0.3) is 5.91 Å². The zero-order chi connectivity index (χ0) is 13.3. The van der Waals surface area contributed by atoms with Gasteiger partial charge in [-0.25, -0.2) is 0 Å². The molecule has 18 heavy (non-hydrogen) atoms. The summed E-state index contributed by atoms with van der Waals surface area (Å²) in [6.07, 6.45) is 0. The molecule has 0 aliphatic carbocycles. The number of carbonyl (C=O) groups excluding carboxylic acids is 1. The molecule has 0 saturated carbocycles. The third-order valence-electron chi connectivity index (χ3n) is 2.85. The molecule has 0 aliphatic rings. The average molecular weight is 244 g/mol. The molecule has 2 rings (SSSR count). The molecule has 1 aromatic carbocycles. The maximum Gasteiger partial charge on any atom is 0.257 e. The number of hydrogen-bond acceptors (Lipinski definition) is 3. The van der Waals surface area contributed by atoms with Crippen LogP contribution in [0.5, 0.6) is 0 Å². The predicted octanol–water partition coefficient (Wildman–Crippen LogP) is 2.17. The van der Waals surface area contributed by atoms with Crippen LogP contribution in [0.1, 0.15) is 27.2 Å². The lowest BCUT2D eigenvalue weighted by Crippen LogP contribution is -2.14. The van der Waals surface area contributed by atoms with Crippen molar-refractivity contribution >= 4 is 17.4 Å². The van der Waals surface area contributed by atoms with Gasteiger partial charge in [-0.1, -0.05) is 17.7 Å². The topological polar surface area (TPSA) is 83.8 Å². The van der Waals surface area contributed by atoms with Crippen molar-refractivity contribution in [3.05, 3.63) is 40.6 Å². The number of anilines is 2. The Morgan fingerprint density at radius 1 is 1.33 bits per heavy atom. The zero-order valence-corrected chi connectivity index (χ0v) is 10.7. The molecule has 0 spiro atoms. The standard InChI is InChI=1S/C13H16N4O/c1-7-4-5-10(8(2)6-7)13(18)15-12-11(14)9(3)16-17-12/h4-6H,14H2,1-3H3,(H2,15,16,17,18). The summed E-state index contributed by atoms with van der Waals surface area (Å²) in [6.45, 7) is 5.69. The van der Waals surface area contributed by atoms with Crippen molar-refractivity contribution in [2.45, 2.75) is 20.8 Å². The summed E-state index contributed by atoms with van der Waals surface area (Å²) in [4.78, 5) is 12.1. The SMILES string of the molecule is Cc1ccc(C(=O)Nc2n[nH]c(C)c2N)c(C)c1. The number of H-pyrrole nitrogens is 1. The molecule has 1 amide bonds.